The second-order valence-electron chi connectivity index (χ2n) is 2.47. The molecule has 0 spiro atoms. The standard InChI is InChI=1S/C8H16FNO2/c1-3-12-8(11)7(2)10-6-4-5-9/h7,10H,3-6H2,1-2H3. The Balaban J connectivity index is 3.42. The minimum atomic E-state index is -0.359. The molecule has 72 valence electrons. The van der Waals surface area contributed by atoms with Crippen molar-refractivity contribution < 1.29 is 13.9 Å². The van der Waals surface area contributed by atoms with Gasteiger partial charge in [0.1, 0.15) is 6.04 Å². The van der Waals surface area contributed by atoms with E-state index < -0.39 is 0 Å². The van der Waals surface area contributed by atoms with Gasteiger partial charge in [-0.15, -0.1) is 0 Å². The minimum Gasteiger partial charge on any atom is -0.465 e. The van der Waals surface area contributed by atoms with Gasteiger partial charge >= 0.3 is 5.97 Å². The van der Waals surface area contributed by atoms with Crippen molar-refractivity contribution in [1.82, 2.24) is 5.32 Å². The van der Waals surface area contributed by atoms with Crippen LogP contribution in [0.25, 0.3) is 0 Å². The van der Waals surface area contributed by atoms with Crippen LogP contribution in [0.15, 0.2) is 0 Å². The first-order valence-corrected chi connectivity index (χ1v) is 4.18. The number of esters is 1. The summed E-state index contributed by atoms with van der Waals surface area (Å²) in [4.78, 5) is 11.0. The highest BCUT2D eigenvalue weighted by Crippen LogP contribution is 1.88. The van der Waals surface area contributed by atoms with Crippen molar-refractivity contribution in [2.75, 3.05) is 19.8 Å². The average molecular weight is 177 g/mol. The molecule has 1 atom stereocenters. The van der Waals surface area contributed by atoms with E-state index in [0.717, 1.165) is 0 Å². The lowest BCUT2D eigenvalue weighted by Crippen LogP contribution is -2.36. The second-order valence-corrected chi connectivity index (χ2v) is 2.47. The zero-order valence-electron chi connectivity index (χ0n) is 7.60. The number of rotatable bonds is 6. The first-order chi connectivity index (χ1) is 5.72. The Hall–Kier alpha value is -0.640. The Kier molecular flexibility index (Phi) is 6.66. The third kappa shape index (κ3) is 5.07. The molecule has 3 nitrogen and oxygen atoms in total. The van der Waals surface area contributed by atoms with E-state index in [9.17, 15) is 9.18 Å². The molecule has 0 aromatic heterocycles. The Morgan fingerprint density at radius 1 is 1.67 bits per heavy atom. The number of ether oxygens (including phenoxy) is 1. The highest BCUT2D eigenvalue weighted by Gasteiger charge is 2.11. The van der Waals surface area contributed by atoms with Crippen molar-refractivity contribution >= 4 is 5.97 Å². The van der Waals surface area contributed by atoms with Crippen LogP contribution >= 0.6 is 0 Å². The normalized spacial score (nSPS) is 12.6. The number of halogens is 1. The molecule has 4 heteroatoms. The van der Waals surface area contributed by atoms with Crippen molar-refractivity contribution in [1.29, 1.82) is 0 Å². The molecule has 12 heavy (non-hydrogen) atoms. The van der Waals surface area contributed by atoms with Gasteiger partial charge in [0.15, 0.2) is 0 Å². The van der Waals surface area contributed by atoms with E-state index in [0.29, 0.717) is 19.6 Å². The van der Waals surface area contributed by atoms with Crippen molar-refractivity contribution in [3.63, 3.8) is 0 Å². The van der Waals surface area contributed by atoms with Crippen LogP contribution in [-0.4, -0.2) is 31.8 Å². The average Bonchev–Trinajstić information content (AvgIpc) is 2.05. The topological polar surface area (TPSA) is 38.3 Å². The van der Waals surface area contributed by atoms with Crippen LogP contribution in [0, 0.1) is 0 Å². The summed E-state index contributed by atoms with van der Waals surface area (Å²) in [5.41, 5.74) is 0. The molecule has 0 saturated carbocycles. The van der Waals surface area contributed by atoms with Gasteiger partial charge in [0.2, 0.25) is 0 Å². The number of hydrogen-bond donors (Lipinski definition) is 1. The van der Waals surface area contributed by atoms with Crippen molar-refractivity contribution in [2.24, 2.45) is 0 Å². The molecule has 0 saturated heterocycles. The van der Waals surface area contributed by atoms with Gasteiger partial charge in [0.05, 0.1) is 13.3 Å². The number of alkyl halides is 1. The van der Waals surface area contributed by atoms with Gasteiger partial charge in [-0.2, -0.15) is 0 Å². The lowest BCUT2D eigenvalue weighted by atomic mass is 10.3. The van der Waals surface area contributed by atoms with E-state index in [1.807, 2.05) is 0 Å². The Morgan fingerprint density at radius 3 is 2.83 bits per heavy atom. The van der Waals surface area contributed by atoms with E-state index in [1.165, 1.54) is 0 Å². The molecule has 0 aliphatic carbocycles. The number of nitrogens with one attached hydrogen (secondary N) is 1. The Labute approximate surface area is 72.3 Å². The molecule has 0 rings (SSSR count). The van der Waals surface area contributed by atoms with Crippen molar-refractivity contribution in [2.45, 2.75) is 26.3 Å². The highest BCUT2D eigenvalue weighted by molar-refractivity contribution is 5.75. The van der Waals surface area contributed by atoms with Crippen molar-refractivity contribution in [3.8, 4) is 0 Å². The van der Waals surface area contributed by atoms with Gasteiger partial charge in [-0.05, 0) is 26.8 Å². The molecule has 0 bridgehead atoms. The van der Waals surface area contributed by atoms with E-state index in [1.54, 1.807) is 13.8 Å². The molecule has 0 aromatic carbocycles. The molecule has 0 aromatic rings. The van der Waals surface area contributed by atoms with Crippen LogP contribution in [0.2, 0.25) is 0 Å². The third-order valence-corrected chi connectivity index (χ3v) is 1.40. The van der Waals surface area contributed by atoms with Crippen LogP contribution in [0.4, 0.5) is 4.39 Å². The predicted molar refractivity (Wildman–Crippen MR) is 44.7 cm³/mol. The fraction of sp³-hybridized carbons (Fsp3) is 0.875. The Bertz CT molecular complexity index is 130. The quantitative estimate of drug-likeness (QED) is 0.483. The zero-order chi connectivity index (χ0) is 9.40. The summed E-state index contributed by atoms with van der Waals surface area (Å²) in [6.07, 6.45) is 0.434. The number of carbonyl (C=O) groups is 1. The fourth-order valence-electron chi connectivity index (χ4n) is 0.736. The van der Waals surface area contributed by atoms with Gasteiger partial charge in [-0.25, -0.2) is 0 Å². The lowest BCUT2D eigenvalue weighted by Gasteiger charge is -2.11. The maximum atomic E-state index is 11.6. The van der Waals surface area contributed by atoms with E-state index in [-0.39, 0.29) is 18.7 Å². The van der Waals surface area contributed by atoms with E-state index in [4.69, 9.17) is 4.74 Å². The molecular formula is C8H16FNO2. The molecule has 0 fully saturated rings. The molecular weight excluding hydrogens is 161 g/mol. The Morgan fingerprint density at radius 2 is 2.33 bits per heavy atom. The largest absolute Gasteiger partial charge is 0.465 e. The maximum Gasteiger partial charge on any atom is 0.322 e. The smallest absolute Gasteiger partial charge is 0.322 e. The molecule has 1 N–H and O–H groups in total. The zero-order valence-corrected chi connectivity index (χ0v) is 7.60. The monoisotopic (exact) mass is 177 g/mol. The van der Waals surface area contributed by atoms with Gasteiger partial charge in [0.25, 0.3) is 0 Å². The minimum absolute atomic E-state index is 0.281. The molecule has 1 unspecified atom stereocenters. The molecule has 0 heterocycles. The van der Waals surface area contributed by atoms with Crippen LogP contribution < -0.4 is 5.32 Å². The summed E-state index contributed by atoms with van der Waals surface area (Å²) in [6.45, 7) is 4.00. The van der Waals surface area contributed by atoms with Crippen LogP contribution in [0.3, 0.4) is 0 Å². The molecule has 0 aliphatic rings. The summed E-state index contributed by atoms with van der Waals surface area (Å²) >= 11 is 0. The molecule has 0 radical (unpaired) electrons. The van der Waals surface area contributed by atoms with Crippen LogP contribution in [-0.2, 0) is 9.53 Å². The van der Waals surface area contributed by atoms with Gasteiger partial charge in [-0.1, -0.05) is 0 Å². The summed E-state index contributed by atoms with van der Waals surface area (Å²) < 4.78 is 16.4. The summed E-state index contributed by atoms with van der Waals surface area (Å²) in [5.74, 6) is -0.281. The van der Waals surface area contributed by atoms with E-state index >= 15 is 0 Å². The van der Waals surface area contributed by atoms with Gasteiger partial charge < -0.3 is 10.1 Å². The SMILES string of the molecule is CCOC(=O)C(C)NCCCF. The predicted octanol–water partition coefficient (Wildman–Crippen LogP) is 0.887. The first-order valence-electron chi connectivity index (χ1n) is 4.18. The number of carbonyl (C=O) groups excluding carboxylic acids is 1. The molecule has 0 aliphatic heterocycles. The first kappa shape index (κ1) is 11.4. The molecule has 0 amide bonds. The number of hydrogen-bond acceptors (Lipinski definition) is 3. The van der Waals surface area contributed by atoms with Crippen molar-refractivity contribution in [3.05, 3.63) is 0 Å². The fourth-order valence-corrected chi connectivity index (χ4v) is 0.736. The lowest BCUT2D eigenvalue weighted by molar-refractivity contribution is -0.145. The van der Waals surface area contributed by atoms with Gasteiger partial charge in [-0.3, -0.25) is 9.18 Å². The van der Waals surface area contributed by atoms with Crippen LogP contribution in [0.1, 0.15) is 20.3 Å². The highest BCUT2D eigenvalue weighted by atomic mass is 19.1. The summed E-state index contributed by atoms with van der Waals surface area (Å²) in [5, 5.41) is 2.85. The van der Waals surface area contributed by atoms with Crippen LogP contribution in [0.5, 0.6) is 0 Å². The third-order valence-electron chi connectivity index (χ3n) is 1.40. The maximum absolute atomic E-state index is 11.6. The summed E-state index contributed by atoms with van der Waals surface area (Å²) in [7, 11) is 0. The second kappa shape index (κ2) is 7.03. The van der Waals surface area contributed by atoms with Gasteiger partial charge in [0, 0.05) is 0 Å². The summed E-state index contributed by atoms with van der Waals surface area (Å²) in [6, 6.07) is -0.337. The van der Waals surface area contributed by atoms with E-state index in [2.05, 4.69) is 5.32 Å².